The molecule has 0 fully saturated rings. The maximum Gasteiger partial charge on any atom is 0.573 e. The summed E-state index contributed by atoms with van der Waals surface area (Å²) in [6.45, 7) is 1.66. The Bertz CT molecular complexity index is 1340. The van der Waals surface area contributed by atoms with Crippen molar-refractivity contribution in [3.8, 4) is 11.5 Å². The molecule has 0 bridgehead atoms. The molecule has 0 radical (unpaired) electrons. The normalized spacial score (nSPS) is 12.5. The van der Waals surface area contributed by atoms with E-state index in [9.17, 15) is 30.8 Å². The summed E-state index contributed by atoms with van der Waals surface area (Å²) in [6.07, 6.45) is -5.18. The molecule has 0 aliphatic rings. The molecule has 0 saturated carbocycles. The zero-order valence-corrected chi connectivity index (χ0v) is 19.5. The van der Waals surface area contributed by atoms with E-state index in [0.717, 1.165) is 12.1 Å². The molecule has 3 rings (SSSR count). The topological polar surface area (TPSA) is 120 Å². The lowest BCUT2D eigenvalue weighted by atomic mass is 10.1. The highest BCUT2D eigenvalue weighted by Crippen LogP contribution is 2.32. The summed E-state index contributed by atoms with van der Waals surface area (Å²) < 4.78 is 88.1. The van der Waals surface area contributed by atoms with Gasteiger partial charge in [0.2, 0.25) is 5.91 Å². The number of sulfonamides is 1. The average molecular weight is 527 g/mol. The molecular formula is C23H21F4N3O5S. The zero-order chi connectivity index (χ0) is 26.5. The second-order valence-corrected chi connectivity index (χ2v) is 8.92. The van der Waals surface area contributed by atoms with E-state index >= 15 is 0 Å². The first kappa shape index (κ1) is 26.8. The van der Waals surface area contributed by atoms with Gasteiger partial charge >= 0.3 is 6.36 Å². The number of alkyl halides is 3. The SMILES string of the molecule is CCOc1cc(NC(=O)[C@@H](N)c2ccccc2)ccc1S(=O)(=O)Nc1ccc(F)c(OC(F)(F)F)c1. The molecule has 0 aliphatic heterocycles. The van der Waals surface area contributed by atoms with Gasteiger partial charge in [0.05, 0.1) is 12.3 Å². The minimum Gasteiger partial charge on any atom is -0.492 e. The third-order valence-electron chi connectivity index (χ3n) is 4.65. The Hall–Kier alpha value is -3.84. The molecule has 0 spiro atoms. The van der Waals surface area contributed by atoms with Crippen LogP contribution in [-0.2, 0) is 14.8 Å². The average Bonchev–Trinajstić information content (AvgIpc) is 2.80. The van der Waals surface area contributed by atoms with Gasteiger partial charge in [-0.25, -0.2) is 12.8 Å². The molecule has 36 heavy (non-hydrogen) atoms. The molecule has 1 atom stereocenters. The van der Waals surface area contributed by atoms with Crippen molar-refractivity contribution in [2.45, 2.75) is 24.2 Å². The van der Waals surface area contributed by atoms with Gasteiger partial charge in [-0.05, 0) is 36.8 Å². The molecule has 8 nitrogen and oxygen atoms in total. The molecule has 0 saturated heterocycles. The molecule has 13 heteroatoms. The molecule has 192 valence electrons. The molecule has 1 amide bonds. The summed E-state index contributed by atoms with van der Waals surface area (Å²) >= 11 is 0. The zero-order valence-electron chi connectivity index (χ0n) is 18.7. The third-order valence-corrected chi connectivity index (χ3v) is 6.07. The van der Waals surface area contributed by atoms with Crippen molar-refractivity contribution >= 4 is 27.3 Å². The molecule has 0 aliphatic carbocycles. The van der Waals surface area contributed by atoms with Gasteiger partial charge in [0.1, 0.15) is 16.7 Å². The first-order chi connectivity index (χ1) is 16.9. The van der Waals surface area contributed by atoms with E-state index in [-0.39, 0.29) is 28.6 Å². The van der Waals surface area contributed by atoms with Crippen molar-refractivity contribution in [3.63, 3.8) is 0 Å². The monoisotopic (exact) mass is 527 g/mol. The van der Waals surface area contributed by atoms with Crippen LogP contribution in [0.15, 0.2) is 71.6 Å². The van der Waals surface area contributed by atoms with Gasteiger partial charge in [-0.1, -0.05) is 30.3 Å². The Labute approximate surface area is 204 Å². The van der Waals surface area contributed by atoms with Crippen LogP contribution in [-0.4, -0.2) is 27.3 Å². The van der Waals surface area contributed by atoms with Crippen LogP contribution in [0.5, 0.6) is 11.5 Å². The van der Waals surface area contributed by atoms with Crippen LogP contribution in [0.2, 0.25) is 0 Å². The number of rotatable bonds is 9. The van der Waals surface area contributed by atoms with Gasteiger partial charge in [-0.15, -0.1) is 13.2 Å². The van der Waals surface area contributed by atoms with E-state index < -0.39 is 39.9 Å². The number of amides is 1. The Morgan fingerprint density at radius 3 is 2.28 bits per heavy atom. The first-order valence-electron chi connectivity index (χ1n) is 10.4. The maximum absolute atomic E-state index is 13.7. The van der Waals surface area contributed by atoms with E-state index in [2.05, 4.69) is 14.8 Å². The highest BCUT2D eigenvalue weighted by molar-refractivity contribution is 7.92. The summed E-state index contributed by atoms with van der Waals surface area (Å²) in [4.78, 5) is 12.2. The summed E-state index contributed by atoms with van der Waals surface area (Å²) in [5, 5.41) is 2.58. The van der Waals surface area contributed by atoms with Gasteiger partial charge in [0, 0.05) is 17.8 Å². The highest BCUT2D eigenvalue weighted by Gasteiger charge is 2.32. The molecular weight excluding hydrogens is 506 g/mol. The summed E-state index contributed by atoms with van der Waals surface area (Å²) in [6, 6.07) is 13.4. The van der Waals surface area contributed by atoms with Crippen molar-refractivity contribution in [1.82, 2.24) is 0 Å². The van der Waals surface area contributed by atoms with Crippen molar-refractivity contribution in [1.29, 1.82) is 0 Å². The quantitative estimate of drug-likeness (QED) is 0.351. The van der Waals surface area contributed by atoms with Gasteiger partial charge in [-0.3, -0.25) is 9.52 Å². The fraction of sp³-hybridized carbons (Fsp3) is 0.174. The maximum atomic E-state index is 13.7. The molecule has 4 N–H and O–H groups in total. The number of hydrogen-bond acceptors (Lipinski definition) is 6. The minimum absolute atomic E-state index is 0.0591. The van der Waals surface area contributed by atoms with Crippen molar-refractivity contribution in [2.24, 2.45) is 5.73 Å². The van der Waals surface area contributed by atoms with E-state index in [1.807, 2.05) is 0 Å². The van der Waals surface area contributed by atoms with Crippen LogP contribution in [0.1, 0.15) is 18.5 Å². The Balaban J connectivity index is 1.85. The largest absolute Gasteiger partial charge is 0.573 e. The second kappa shape index (κ2) is 10.8. The van der Waals surface area contributed by atoms with Gasteiger partial charge < -0.3 is 20.5 Å². The lowest BCUT2D eigenvalue weighted by Crippen LogP contribution is -2.27. The van der Waals surface area contributed by atoms with Gasteiger partial charge in [-0.2, -0.15) is 0 Å². The Morgan fingerprint density at radius 2 is 1.64 bits per heavy atom. The highest BCUT2D eigenvalue weighted by atomic mass is 32.2. The number of carbonyl (C=O) groups is 1. The lowest BCUT2D eigenvalue weighted by Gasteiger charge is -2.16. The van der Waals surface area contributed by atoms with Crippen LogP contribution in [0.25, 0.3) is 0 Å². The van der Waals surface area contributed by atoms with Crippen molar-refractivity contribution in [3.05, 3.63) is 78.1 Å². The number of hydrogen-bond donors (Lipinski definition) is 3. The standard InChI is InChI=1S/C23H21F4N3O5S/c1-2-34-19-12-15(29-22(31)21(28)14-6-4-3-5-7-14)9-11-20(19)36(32,33)30-16-8-10-17(24)18(13-16)35-23(25,26)27/h3-13,21,30H,2,28H2,1H3,(H,29,31)/t21-/m0/s1. The number of carbonyl (C=O) groups excluding carboxylic acids is 1. The number of halogens is 4. The van der Waals surface area contributed by atoms with Crippen molar-refractivity contribution < 1.29 is 40.2 Å². The number of benzene rings is 3. The molecule has 3 aromatic carbocycles. The molecule has 0 aromatic heterocycles. The Morgan fingerprint density at radius 1 is 1.00 bits per heavy atom. The fourth-order valence-electron chi connectivity index (χ4n) is 3.09. The van der Waals surface area contributed by atoms with Crippen molar-refractivity contribution in [2.75, 3.05) is 16.6 Å². The minimum atomic E-state index is -5.18. The smallest absolute Gasteiger partial charge is 0.492 e. The summed E-state index contributed by atoms with van der Waals surface area (Å²) in [5.41, 5.74) is 6.35. The van der Waals surface area contributed by atoms with Gasteiger partial charge in [0.15, 0.2) is 11.6 Å². The van der Waals surface area contributed by atoms with Crippen LogP contribution in [0.3, 0.4) is 0 Å². The fourth-order valence-corrected chi connectivity index (χ4v) is 4.26. The van der Waals surface area contributed by atoms with Crippen LogP contribution < -0.4 is 25.2 Å². The lowest BCUT2D eigenvalue weighted by molar-refractivity contribution is -0.275. The molecule has 3 aromatic rings. The van der Waals surface area contributed by atoms with E-state index in [1.54, 1.807) is 37.3 Å². The molecule has 0 unspecified atom stereocenters. The summed E-state index contributed by atoms with van der Waals surface area (Å²) in [5.74, 6) is -3.24. The van der Waals surface area contributed by atoms with E-state index in [1.165, 1.54) is 12.1 Å². The number of nitrogens with one attached hydrogen (secondary N) is 2. The van der Waals surface area contributed by atoms with E-state index in [4.69, 9.17) is 10.5 Å². The number of anilines is 2. The second-order valence-electron chi connectivity index (χ2n) is 7.27. The third kappa shape index (κ3) is 6.86. The first-order valence-corrected chi connectivity index (χ1v) is 11.8. The summed E-state index contributed by atoms with van der Waals surface area (Å²) in [7, 11) is -4.42. The van der Waals surface area contributed by atoms with Crippen LogP contribution >= 0.6 is 0 Å². The van der Waals surface area contributed by atoms with Crippen LogP contribution in [0, 0.1) is 5.82 Å². The predicted octanol–water partition coefficient (Wildman–Crippen LogP) is 4.56. The van der Waals surface area contributed by atoms with Gasteiger partial charge in [0.25, 0.3) is 10.0 Å². The number of ether oxygens (including phenoxy) is 2. The predicted molar refractivity (Wildman–Crippen MR) is 124 cm³/mol. The van der Waals surface area contributed by atoms with E-state index in [0.29, 0.717) is 17.7 Å². The Kier molecular flexibility index (Phi) is 8.05. The van der Waals surface area contributed by atoms with Crippen LogP contribution in [0.4, 0.5) is 28.9 Å². The number of nitrogens with two attached hydrogens (primary N) is 1. The molecule has 0 heterocycles.